The van der Waals surface area contributed by atoms with E-state index in [1.165, 1.54) is 12.3 Å². The number of benzene rings is 1. The van der Waals surface area contributed by atoms with Gasteiger partial charge in [0.1, 0.15) is 30.4 Å². The van der Waals surface area contributed by atoms with Gasteiger partial charge in [0.2, 0.25) is 0 Å². The number of nitrogen functional groups attached to an aromatic ring is 1. The summed E-state index contributed by atoms with van der Waals surface area (Å²) in [6, 6.07) is 7.04. The number of aromatic nitrogens is 2. The molecular formula is C19H24N4O6. The van der Waals surface area contributed by atoms with Gasteiger partial charge in [0, 0.05) is 6.20 Å². The van der Waals surface area contributed by atoms with E-state index in [-0.39, 0.29) is 19.0 Å². The highest BCUT2D eigenvalue weighted by Gasteiger charge is 2.47. The molecule has 1 aromatic heterocycles. The molecule has 2 aromatic rings. The highest BCUT2D eigenvalue weighted by Crippen LogP contribution is 2.28. The smallest absolute Gasteiger partial charge is 0.351 e. The number of nitrogens with zero attached hydrogens (tertiary/aromatic N) is 2. The van der Waals surface area contributed by atoms with Crippen molar-refractivity contribution >= 4 is 11.7 Å². The maximum Gasteiger partial charge on any atom is 0.351 e. The third kappa shape index (κ3) is 4.56. The van der Waals surface area contributed by atoms with E-state index in [1.54, 1.807) is 0 Å². The van der Waals surface area contributed by atoms with Crippen molar-refractivity contribution in [2.45, 2.75) is 38.4 Å². The average molecular weight is 404 g/mol. The van der Waals surface area contributed by atoms with Gasteiger partial charge in [0.25, 0.3) is 5.91 Å². The highest BCUT2D eigenvalue weighted by atomic mass is 16.6. The molecule has 3 rings (SSSR count). The van der Waals surface area contributed by atoms with Gasteiger partial charge in [-0.15, -0.1) is 0 Å². The van der Waals surface area contributed by atoms with Gasteiger partial charge in [-0.3, -0.25) is 9.36 Å². The third-order valence-corrected chi connectivity index (χ3v) is 4.77. The predicted octanol–water partition coefficient (Wildman–Crippen LogP) is -0.743. The van der Waals surface area contributed by atoms with Crippen molar-refractivity contribution in [2.75, 3.05) is 18.9 Å². The molecule has 1 aliphatic heterocycles. The Morgan fingerprint density at radius 3 is 2.72 bits per heavy atom. The lowest BCUT2D eigenvalue weighted by molar-refractivity contribution is -0.137. The number of ether oxygens (including phenoxy) is 2. The van der Waals surface area contributed by atoms with Crippen LogP contribution in [-0.4, -0.2) is 57.1 Å². The number of hydrogen-bond acceptors (Lipinski definition) is 8. The second-order valence-electron chi connectivity index (χ2n) is 6.86. The van der Waals surface area contributed by atoms with Gasteiger partial charge in [0.15, 0.2) is 12.3 Å². The summed E-state index contributed by atoms with van der Waals surface area (Å²) in [5.41, 5.74) is 6.93. The predicted molar refractivity (Wildman–Crippen MR) is 103 cm³/mol. The first-order chi connectivity index (χ1) is 13.8. The standard InChI is InChI=1S/C19H24N4O6/c1-10-3-4-12(9-11(10)2)28-8-6-21-17(26)16-14(24)15(25)18(29-16)23-7-5-13(20)22-19(23)27/h3-5,7,9,14-16,18,24-25H,6,8H2,1-2H3,(H,21,26)(H2,20,22,27)/t14-,15+,16-,18+/m0/s1. The number of aryl methyl sites for hydroxylation is 2. The van der Waals surface area contributed by atoms with E-state index in [2.05, 4.69) is 10.3 Å². The molecular weight excluding hydrogens is 380 g/mol. The van der Waals surface area contributed by atoms with E-state index in [1.807, 2.05) is 32.0 Å². The van der Waals surface area contributed by atoms with E-state index >= 15 is 0 Å². The zero-order valence-electron chi connectivity index (χ0n) is 16.1. The number of anilines is 1. The quantitative estimate of drug-likeness (QED) is 0.460. The zero-order valence-corrected chi connectivity index (χ0v) is 16.1. The van der Waals surface area contributed by atoms with Crippen molar-refractivity contribution in [3.63, 3.8) is 0 Å². The van der Waals surface area contributed by atoms with Crippen LogP contribution in [0.4, 0.5) is 5.82 Å². The van der Waals surface area contributed by atoms with Gasteiger partial charge >= 0.3 is 5.69 Å². The average Bonchev–Trinajstić information content (AvgIpc) is 2.97. The minimum Gasteiger partial charge on any atom is -0.492 e. The molecule has 156 valence electrons. The van der Waals surface area contributed by atoms with Crippen LogP contribution >= 0.6 is 0 Å². The molecule has 5 N–H and O–H groups in total. The monoisotopic (exact) mass is 404 g/mol. The van der Waals surface area contributed by atoms with E-state index in [0.717, 1.165) is 15.7 Å². The molecule has 0 spiro atoms. The largest absolute Gasteiger partial charge is 0.492 e. The van der Waals surface area contributed by atoms with Crippen molar-refractivity contribution < 1.29 is 24.5 Å². The van der Waals surface area contributed by atoms with E-state index < -0.39 is 36.1 Å². The molecule has 1 amide bonds. The van der Waals surface area contributed by atoms with E-state index in [4.69, 9.17) is 15.2 Å². The van der Waals surface area contributed by atoms with Crippen LogP contribution in [0.5, 0.6) is 5.75 Å². The number of rotatable bonds is 6. The van der Waals surface area contributed by atoms with Crippen LogP contribution in [0.2, 0.25) is 0 Å². The van der Waals surface area contributed by atoms with Crippen LogP contribution in [-0.2, 0) is 9.53 Å². The Morgan fingerprint density at radius 2 is 2.03 bits per heavy atom. The molecule has 10 heteroatoms. The Bertz CT molecular complexity index is 947. The number of carbonyl (C=O) groups is 1. The molecule has 1 saturated heterocycles. The fourth-order valence-electron chi connectivity index (χ4n) is 2.97. The van der Waals surface area contributed by atoms with Crippen molar-refractivity contribution in [3.8, 4) is 5.75 Å². The van der Waals surface area contributed by atoms with E-state index in [9.17, 15) is 19.8 Å². The molecule has 29 heavy (non-hydrogen) atoms. The number of hydrogen-bond donors (Lipinski definition) is 4. The van der Waals surface area contributed by atoms with Crippen LogP contribution in [0.3, 0.4) is 0 Å². The second kappa shape index (κ2) is 8.60. The first-order valence-corrected chi connectivity index (χ1v) is 9.12. The minimum absolute atomic E-state index is 0.0114. The first kappa shape index (κ1) is 20.8. The van der Waals surface area contributed by atoms with Crippen molar-refractivity contribution in [1.82, 2.24) is 14.9 Å². The summed E-state index contributed by atoms with van der Waals surface area (Å²) < 4.78 is 12.0. The molecule has 2 heterocycles. The maximum absolute atomic E-state index is 12.3. The normalized spacial score (nSPS) is 23.7. The Kier molecular flexibility index (Phi) is 6.16. The Morgan fingerprint density at radius 1 is 1.28 bits per heavy atom. The molecule has 4 atom stereocenters. The fraction of sp³-hybridized carbons (Fsp3) is 0.421. The molecule has 0 aliphatic carbocycles. The zero-order chi connectivity index (χ0) is 21.1. The van der Waals surface area contributed by atoms with Crippen molar-refractivity contribution in [3.05, 3.63) is 52.1 Å². The fourth-order valence-corrected chi connectivity index (χ4v) is 2.97. The Balaban J connectivity index is 1.55. The van der Waals surface area contributed by atoms with Crippen LogP contribution in [0.15, 0.2) is 35.3 Å². The van der Waals surface area contributed by atoms with Gasteiger partial charge in [0.05, 0.1) is 6.54 Å². The summed E-state index contributed by atoms with van der Waals surface area (Å²) in [6.45, 7) is 4.36. The summed E-state index contributed by atoms with van der Waals surface area (Å²) in [4.78, 5) is 27.8. The molecule has 1 aliphatic rings. The molecule has 0 saturated carbocycles. The number of aliphatic hydroxyl groups excluding tert-OH is 2. The van der Waals surface area contributed by atoms with Gasteiger partial charge in [-0.1, -0.05) is 6.07 Å². The lowest BCUT2D eigenvalue weighted by atomic mass is 10.1. The third-order valence-electron chi connectivity index (χ3n) is 4.77. The molecule has 0 bridgehead atoms. The van der Waals surface area contributed by atoms with Crippen LogP contribution in [0.1, 0.15) is 17.4 Å². The van der Waals surface area contributed by atoms with Crippen LogP contribution in [0, 0.1) is 13.8 Å². The molecule has 1 fully saturated rings. The lowest BCUT2D eigenvalue weighted by Crippen LogP contribution is -2.43. The van der Waals surface area contributed by atoms with E-state index in [0.29, 0.717) is 5.75 Å². The molecule has 0 unspecified atom stereocenters. The lowest BCUT2D eigenvalue weighted by Gasteiger charge is -2.16. The summed E-state index contributed by atoms with van der Waals surface area (Å²) in [5, 5.41) is 22.9. The van der Waals surface area contributed by atoms with Gasteiger partial charge in [-0.25, -0.2) is 4.79 Å². The van der Waals surface area contributed by atoms with Crippen LogP contribution < -0.4 is 21.5 Å². The number of carbonyl (C=O) groups excluding carboxylic acids is 1. The maximum atomic E-state index is 12.3. The summed E-state index contributed by atoms with van der Waals surface area (Å²) in [6.07, 6.45) is -4.32. The number of aliphatic hydroxyl groups is 2. The summed E-state index contributed by atoms with van der Waals surface area (Å²) in [7, 11) is 0. The van der Waals surface area contributed by atoms with Crippen molar-refractivity contribution in [2.24, 2.45) is 0 Å². The summed E-state index contributed by atoms with van der Waals surface area (Å²) >= 11 is 0. The SMILES string of the molecule is Cc1ccc(OCCNC(=O)[C@H]2O[C@@H](n3ccc(N)nc3=O)[C@H](O)[C@@H]2O)cc1C. The van der Waals surface area contributed by atoms with Gasteiger partial charge in [-0.2, -0.15) is 4.98 Å². The van der Waals surface area contributed by atoms with Crippen molar-refractivity contribution in [1.29, 1.82) is 0 Å². The van der Waals surface area contributed by atoms with Crippen LogP contribution in [0.25, 0.3) is 0 Å². The second-order valence-corrected chi connectivity index (χ2v) is 6.86. The highest BCUT2D eigenvalue weighted by molar-refractivity contribution is 5.81. The Labute approximate surface area is 166 Å². The number of nitrogens with two attached hydrogens (primary N) is 1. The topological polar surface area (TPSA) is 149 Å². The minimum atomic E-state index is -1.51. The number of amides is 1. The van der Waals surface area contributed by atoms with Gasteiger partial charge < -0.3 is 30.7 Å². The summed E-state index contributed by atoms with van der Waals surface area (Å²) in [5.74, 6) is 0.0711. The molecule has 10 nitrogen and oxygen atoms in total. The molecule has 0 radical (unpaired) electrons. The molecule has 1 aromatic carbocycles. The number of nitrogens with one attached hydrogen (secondary N) is 1. The Hall–Kier alpha value is -2.95. The first-order valence-electron chi connectivity index (χ1n) is 9.12. The van der Waals surface area contributed by atoms with Gasteiger partial charge in [-0.05, 0) is 43.2 Å².